The van der Waals surface area contributed by atoms with Gasteiger partial charge in [-0.05, 0) is 30.2 Å². The Labute approximate surface area is 128 Å². The van der Waals surface area contributed by atoms with Crippen LogP contribution in [0.2, 0.25) is 5.02 Å². The van der Waals surface area contributed by atoms with Crippen molar-refractivity contribution in [3.05, 3.63) is 34.9 Å². The lowest BCUT2D eigenvalue weighted by Gasteiger charge is -2.11. The molecule has 114 valence electrons. The average molecular weight is 312 g/mol. The number of hydrogen-bond acceptors (Lipinski definition) is 3. The van der Waals surface area contributed by atoms with Crippen molar-refractivity contribution in [2.75, 3.05) is 13.2 Å². The number of rotatable bonds is 7. The van der Waals surface area contributed by atoms with Gasteiger partial charge in [0.15, 0.2) is 6.61 Å². The molecule has 0 bridgehead atoms. The Morgan fingerprint density at radius 3 is 2.76 bits per heavy atom. The monoisotopic (exact) mass is 311 g/mol. The molecular formula is C15H18ClNO4. The number of amides is 1. The fourth-order valence-corrected chi connectivity index (χ4v) is 1.63. The van der Waals surface area contributed by atoms with Gasteiger partial charge in [0.1, 0.15) is 5.75 Å². The normalized spacial score (nSPS) is 10.9. The van der Waals surface area contributed by atoms with Crippen LogP contribution < -0.4 is 10.1 Å². The van der Waals surface area contributed by atoms with Crippen molar-refractivity contribution in [3.8, 4) is 5.75 Å². The van der Waals surface area contributed by atoms with E-state index in [2.05, 4.69) is 5.32 Å². The van der Waals surface area contributed by atoms with Crippen molar-refractivity contribution in [3.63, 3.8) is 0 Å². The molecule has 21 heavy (non-hydrogen) atoms. The summed E-state index contributed by atoms with van der Waals surface area (Å²) in [5.41, 5.74) is 0.501. The third-order valence-electron chi connectivity index (χ3n) is 2.44. The number of carboxylic acids is 1. The molecule has 0 spiro atoms. The van der Waals surface area contributed by atoms with Crippen LogP contribution in [0.25, 0.3) is 6.08 Å². The summed E-state index contributed by atoms with van der Waals surface area (Å²) in [5.74, 6) is -0.544. The number of carboxylic acid groups (broad SMARTS) is 1. The largest absolute Gasteiger partial charge is 0.483 e. The van der Waals surface area contributed by atoms with Gasteiger partial charge in [-0.15, -0.1) is 0 Å². The highest BCUT2D eigenvalue weighted by Crippen LogP contribution is 2.24. The molecule has 0 heterocycles. The highest BCUT2D eigenvalue weighted by atomic mass is 35.5. The molecule has 0 aliphatic carbocycles. The third-order valence-corrected chi connectivity index (χ3v) is 2.68. The molecule has 0 saturated heterocycles. The van der Waals surface area contributed by atoms with Gasteiger partial charge in [0.05, 0.1) is 0 Å². The zero-order valence-corrected chi connectivity index (χ0v) is 12.7. The minimum absolute atomic E-state index is 0.137. The van der Waals surface area contributed by atoms with Gasteiger partial charge < -0.3 is 15.2 Å². The second kappa shape index (κ2) is 8.32. The average Bonchev–Trinajstić information content (AvgIpc) is 2.41. The van der Waals surface area contributed by atoms with E-state index in [-0.39, 0.29) is 12.5 Å². The lowest BCUT2D eigenvalue weighted by molar-refractivity contribution is -0.131. The Kier molecular flexibility index (Phi) is 6.75. The quantitative estimate of drug-likeness (QED) is 0.759. The highest BCUT2D eigenvalue weighted by Gasteiger charge is 2.07. The lowest BCUT2D eigenvalue weighted by atomic mass is 10.2. The minimum atomic E-state index is -1.07. The predicted molar refractivity (Wildman–Crippen MR) is 81.5 cm³/mol. The summed E-state index contributed by atoms with van der Waals surface area (Å²) in [6, 6.07) is 4.78. The molecule has 1 amide bonds. The summed E-state index contributed by atoms with van der Waals surface area (Å²) in [7, 11) is 0. The van der Waals surface area contributed by atoms with Crippen molar-refractivity contribution in [2.45, 2.75) is 13.8 Å². The fourth-order valence-electron chi connectivity index (χ4n) is 1.45. The first-order valence-corrected chi connectivity index (χ1v) is 6.86. The molecule has 1 aromatic rings. The first-order valence-electron chi connectivity index (χ1n) is 6.48. The van der Waals surface area contributed by atoms with E-state index < -0.39 is 5.97 Å². The smallest absolute Gasteiger partial charge is 0.328 e. The van der Waals surface area contributed by atoms with Crippen LogP contribution in [0.3, 0.4) is 0 Å². The Bertz CT molecular complexity index is 540. The van der Waals surface area contributed by atoms with Crippen molar-refractivity contribution in [1.29, 1.82) is 0 Å². The number of benzene rings is 1. The summed E-state index contributed by atoms with van der Waals surface area (Å²) >= 11 is 5.86. The van der Waals surface area contributed by atoms with E-state index >= 15 is 0 Å². The first kappa shape index (κ1) is 17.0. The van der Waals surface area contributed by atoms with E-state index in [4.69, 9.17) is 21.4 Å². The standard InChI is InChI=1S/C15H18ClNO4/c1-10(2)8-17-14(18)9-21-13-5-4-12(16)7-11(13)3-6-15(19)20/h3-7,10H,8-9H2,1-2H3,(H,17,18)(H,19,20)/b6-3+. The Morgan fingerprint density at radius 1 is 1.43 bits per heavy atom. The molecule has 0 atom stereocenters. The number of aliphatic carboxylic acids is 1. The Hall–Kier alpha value is -2.01. The minimum Gasteiger partial charge on any atom is -0.483 e. The molecule has 0 aliphatic heterocycles. The van der Waals surface area contributed by atoms with Crippen molar-refractivity contribution >= 4 is 29.6 Å². The van der Waals surface area contributed by atoms with E-state index in [1.807, 2.05) is 13.8 Å². The summed E-state index contributed by atoms with van der Waals surface area (Å²) in [6.07, 6.45) is 2.35. The topological polar surface area (TPSA) is 75.6 Å². The van der Waals surface area contributed by atoms with Gasteiger partial charge in [0, 0.05) is 23.2 Å². The van der Waals surface area contributed by atoms with Crippen LogP contribution >= 0.6 is 11.6 Å². The van der Waals surface area contributed by atoms with Gasteiger partial charge in [-0.3, -0.25) is 4.79 Å². The predicted octanol–water partition coefficient (Wildman–Crippen LogP) is 2.59. The van der Waals surface area contributed by atoms with E-state index in [1.54, 1.807) is 18.2 Å². The third kappa shape index (κ3) is 6.81. The van der Waals surface area contributed by atoms with Gasteiger partial charge in [-0.25, -0.2) is 4.79 Å². The van der Waals surface area contributed by atoms with Gasteiger partial charge in [0.2, 0.25) is 0 Å². The maximum atomic E-state index is 11.6. The van der Waals surface area contributed by atoms with Crippen molar-refractivity contribution in [2.24, 2.45) is 5.92 Å². The number of nitrogens with one attached hydrogen (secondary N) is 1. The van der Waals surface area contributed by atoms with Crippen molar-refractivity contribution < 1.29 is 19.4 Å². The number of ether oxygens (including phenoxy) is 1. The van der Waals surface area contributed by atoms with Crippen molar-refractivity contribution in [1.82, 2.24) is 5.32 Å². The second-order valence-electron chi connectivity index (χ2n) is 4.84. The van der Waals surface area contributed by atoms with Crippen LogP contribution in [0, 0.1) is 5.92 Å². The van der Waals surface area contributed by atoms with Gasteiger partial charge in [0.25, 0.3) is 5.91 Å². The molecule has 1 aromatic carbocycles. The molecule has 0 saturated carbocycles. The summed E-state index contributed by atoms with van der Waals surface area (Å²) in [5, 5.41) is 11.8. The molecule has 2 N–H and O–H groups in total. The van der Waals surface area contributed by atoms with E-state index in [1.165, 1.54) is 6.08 Å². The van der Waals surface area contributed by atoms with E-state index in [0.717, 1.165) is 6.08 Å². The Balaban J connectivity index is 2.70. The van der Waals surface area contributed by atoms with Crippen LogP contribution in [0.4, 0.5) is 0 Å². The second-order valence-corrected chi connectivity index (χ2v) is 5.28. The summed E-state index contributed by atoms with van der Waals surface area (Å²) in [6.45, 7) is 4.43. The first-order chi connectivity index (χ1) is 9.88. The molecular weight excluding hydrogens is 294 g/mol. The van der Waals surface area contributed by atoms with Gasteiger partial charge in [-0.1, -0.05) is 25.4 Å². The number of hydrogen-bond donors (Lipinski definition) is 2. The summed E-state index contributed by atoms with van der Waals surface area (Å²) in [4.78, 5) is 22.2. The molecule has 0 fully saturated rings. The molecule has 5 nitrogen and oxygen atoms in total. The van der Waals surface area contributed by atoms with Gasteiger partial charge in [-0.2, -0.15) is 0 Å². The van der Waals surface area contributed by atoms with E-state index in [9.17, 15) is 9.59 Å². The fraction of sp³-hybridized carbons (Fsp3) is 0.333. The van der Waals surface area contributed by atoms with Crippen LogP contribution in [0.1, 0.15) is 19.4 Å². The van der Waals surface area contributed by atoms with Crippen LogP contribution in [0.5, 0.6) is 5.75 Å². The zero-order valence-electron chi connectivity index (χ0n) is 11.9. The zero-order chi connectivity index (χ0) is 15.8. The number of carbonyl (C=O) groups excluding carboxylic acids is 1. The van der Waals surface area contributed by atoms with Crippen LogP contribution in [-0.4, -0.2) is 30.1 Å². The molecule has 1 rings (SSSR count). The molecule has 0 aliphatic rings. The number of carbonyl (C=O) groups is 2. The lowest BCUT2D eigenvalue weighted by Crippen LogP contribution is -2.31. The van der Waals surface area contributed by atoms with Gasteiger partial charge >= 0.3 is 5.97 Å². The summed E-state index contributed by atoms with van der Waals surface area (Å²) < 4.78 is 5.40. The van der Waals surface area contributed by atoms with E-state index in [0.29, 0.717) is 28.8 Å². The maximum absolute atomic E-state index is 11.6. The molecule has 0 unspecified atom stereocenters. The molecule has 0 aromatic heterocycles. The maximum Gasteiger partial charge on any atom is 0.328 e. The van der Waals surface area contributed by atoms with Crippen LogP contribution in [0.15, 0.2) is 24.3 Å². The molecule has 6 heteroatoms. The molecule has 0 radical (unpaired) electrons. The highest BCUT2D eigenvalue weighted by molar-refractivity contribution is 6.30. The Morgan fingerprint density at radius 2 is 2.14 bits per heavy atom. The van der Waals surface area contributed by atoms with Crippen LogP contribution in [-0.2, 0) is 9.59 Å². The number of halogens is 1. The SMILES string of the molecule is CC(C)CNC(=O)COc1ccc(Cl)cc1/C=C/C(=O)O.